The number of hydrogen-bond acceptors (Lipinski definition) is 2. The van der Waals surface area contributed by atoms with Crippen LogP contribution in [-0.4, -0.2) is 36.5 Å². The van der Waals surface area contributed by atoms with Gasteiger partial charge in [0.2, 0.25) is 5.85 Å². The maximum Gasteiger partial charge on any atom is 0.219 e. The van der Waals surface area contributed by atoms with Crippen molar-refractivity contribution in [2.75, 3.05) is 19.7 Å². The largest absolute Gasteiger partial charge is 0.345 e. The van der Waals surface area contributed by atoms with E-state index in [1.165, 1.54) is 6.92 Å². The minimum absolute atomic E-state index is 0.394. The molecule has 0 N–H and O–H groups in total. The third-order valence-electron chi connectivity index (χ3n) is 2.21. The first-order chi connectivity index (χ1) is 5.51. The number of hydrogen-bond donors (Lipinski definition) is 0. The predicted molar refractivity (Wildman–Crippen MR) is 46.8 cm³/mol. The summed E-state index contributed by atoms with van der Waals surface area (Å²) < 4.78 is 18.5. The van der Waals surface area contributed by atoms with Gasteiger partial charge in [-0.15, -0.1) is 0 Å². The van der Waals surface area contributed by atoms with Gasteiger partial charge in [-0.2, -0.15) is 0 Å². The van der Waals surface area contributed by atoms with Crippen molar-refractivity contribution in [1.82, 2.24) is 4.90 Å². The normalized spacial score (nSPS) is 33.8. The van der Waals surface area contributed by atoms with E-state index in [4.69, 9.17) is 4.74 Å². The fraction of sp³-hybridized carbons (Fsp3) is 1.00. The predicted octanol–water partition coefficient (Wildman–Crippen LogP) is 1.80. The molecule has 12 heavy (non-hydrogen) atoms. The fourth-order valence-corrected chi connectivity index (χ4v) is 1.48. The lowest BCUT2D eigenvalue weighted by atomic mass is 10.2. The second-order valence-corrected chi connectivity index (χ2v) is 3.87. The Labute approximate surface area is 73.7 Å². The van der Waals surface area contributed by atoms with Crippen molar-refractivity contribution in [3.8, 4) is 0 Å². The first-order valence-electron chi connectivity index (χ1n) is 4.58. The van der Waals surface area contributed by atoms with E-state index in [0.29, 0.717) is 19.2 Å². The van der Waals surface area contributed by atoms with Crippen molar-refractivity contribution < 1.29 is 9.13 Å². The van der Waals surface area contributed by atoms with Crippen molar-refractivity contribution in [3.05, 3.63) is 0 Å². The SMILES string of the molecule is CC(C)N1CCCO[C@](C)(F)C1. The van der Waals surface area contributed by atoms with Crippen LogP contribution >= 0.6 is 0 Å². The quantitative estimate of drug-likeness (QED) is 0.602. The van der Waals surface area contributed by atoms with Crippen molar-refractivity contribution in [1.29, 1.82) is 0 Å². The highest BCUT2D eigenvalue weighted by Gasteiger charge is 2.30. The minimum Gasteiger partial charge on any atom is -0.345 e. The van der Waals surface area contributed by atoms with Crippen molar-refractivity contribution in [2.45, 2.75) is 39.1 Å². The number of ether oxygens (including phenoxy) is 1. The van der Waals surface area contributed by atoms with Crippen LogP contribution in [0.5, 0.6) is 0 Å². The van der Waals surface area contributed by atoms with Crippen molar-refractivity contribution in [3.63, 3.8) is 0 Å². The molecule has 0 aromatic heterocycles. The molecule has 1 aliphatic rings. The number of halogens is 1. The Morgan fingerprint density at radius 2 is 2.17 bits per heavy atom. The molecule has 0 aromatic rings. The van der Waals surface area contributed by atoms with Crippen LogP contribution in [0.1, 0.15) is 27.2 Å². The molecular formula is C9H18FNO. The van der Waals surface area contributed by atoms with E-state index in [1.807, 2.05) is 0 Å². The average Bonchev–Trinajstić information content (AvgIpc) is 2.10. The highest BCUT2D eigenvalue weighted by molar-refractivity contribution is 4.74. The molecule has 0 amide bonds. The van der Waals surface area contributed by atoms with Crippen molar-refractivity contribution in [2.24, 2.45) is 0 Å². The Bertz CT molecular complexity index is 147. The first kappa shape index (κ1) is 9.93. The van der Waals surface area contributed by atoms with E-state index in [9.17, 15) is 4.39 Å². The van der Waals surface area contributed by atoms with Gasteiger partial charge in [-0.1, -0.05) is 0 Å². The molecule has 0 aromatic carbocycles. The Morgan fingerprint density at radius 3 is 2.75 bits per heavy atom. The molecule has 2 nitrogen and oxygen atoms in total. The van der Waals surface area contributed by atoms with Gasteiger partial charge in [-0.3, -0.25) is 4.90 Å². The first-order valence-corrected chi connectivity index (χ1v) is 4.58. The summed E-state index contributed by atoms with van der Waals surface area (Å²) >= 11 is 0. The van der Waals surface area contributed by atoms with E-state index in [2.05, 4.69) is 18.7 Å². The number of alkyl halides is 1. The Balaban J connectivity index is 2.54. The second-order valence-electron chi connectivity index (χ2n) is 3.87. The molecule has 0 bridgehead atoms. The zero-order valence-electron chi connectivity index (χ0n) is 8.14. The summed E-state index contributed by atoms with van der Waals surface area (Å²) in [6.07, 6.45) is 0.928. The molecule has 1 fully saturated rings. The molecule has 3 heteroatoms. The molecule has 1 aliphatic heterocycles. The fourth-order valence-electron chi connectivity index (χ4n) is 1.48. The van der Waals surface area contributed by atoms with Gasteiger partial charge in [0.1, 0.15) is 0 Å². The van der Waals surface area contributed by atoms with E-state index in [0.717, 1.165) is 13.0 Å². The molecule has 0 spiro atoms. The van der Waals surface area contributed by atoms with Gasteiger partial charge in [-0.25, -0.2) is 4.39 Å². The Kier molecular flexibility index (Phi) is 3.07. The maximum atomic E-state index is 13.5. The van der Waals surface area contributed by atoms with Crippen LogP contribution in [0, 0.1) is 0 Å². The van der Waals surface area contributed by atoms with E-state index < -0.39 is 5.85 Å². The molecule has 0 radical (unpaired) electrons. The van der Waals surface area contributed by atoms with Gasteiger partial charge in [0.15, 0.2) is 0 Å². The van der Waals surface area contributed by atoms with Crippen molar-refractivity contribution >= 4 is 0 Å². The summed E-state index contributed by atoms with van der Waals surface area (Å²) in [5.41, 5.74) is 0. The molecule has 1 atom stereocenters. The standard InChI is InChI=1S/C9H18FNO/c1-8(2)11-5-4-6-12-9(3,10)7-11/h8H,4-7H2,1-3H3/t9-/m0/s1. The zero-order chi connectivity index (χ0) is 9.19. The van der Waals surface area contributed by atoms with Gasteiger partial charge in [-0.05, 0) is 27.2 Å². The summed E-state index contributed by atoms with van der Waals surface area (Å²) in [5, 5.41) is 0. The van der Waals surface area contributed by atoms with E-state index in [-0.39, 0.29) is 0 Å². The van der Waals surface area contributed by atoms with Crippen LogP contribution in [0.4, 0.5) is 4.39 Å². The smallest absolute Gasteiger partial charge is 0.219 e. The van der Waals surface area contributed by atoms with Crippen LogP contribution in [-0.2, 0) is 4.74 Å². The lowest BCUT2D eigenvalue weighted by molar-refractivity contribution is -0.132. The van der Waals surface area contributed by atoms with E-state index in [1.54, 1.807) is 0 Å². The van der Waals surface area contributed by atoms with Gasteiger partial charge in [0.25, 0.3) is 0 Å². The lowest BCUT2D eigenvalue weighted by Crippen LogP contribution is -2.40. The highest BCUT2D eigenvalue weighted by atomic mass is 19.2. The summed E-state index contributed by atoms with van der Waals surface area (Å²) in [4.78, 5) is 2.12. The molecule has 72 valence electrons. The third-order valence-corrected chi connectivity index (χ3v) is 2.21. The molecule has 0 aliphatic carbocycles. The summed E-state index contributed by atoms with van der Waals surface area (Å²) in [6, 6.07) is 0.404. The molecule has 0 saturated carbocycles. The van der Waals surface area contributed by atoms with Gasteiger partial charge >= 0.3 is 0 Å². The minimum atomic E-state index is -1.46. The Hall–Kier alpha value is -0.150. The molecule has 0 unspecified atom stereocenters. The summed E-state index contributed by atoms with van der Waals surface area (Å²) in [7, 11) is 0. The van der Waals surface area contributed by atoms with E-state index >= 15 is 0 Å². The van der Waals surface area contributed by atoms with Gasteiger partial charge in [0, 0.05) is 12.6 Å². The third kappa shape index (κ3) is 2.72. The molecule has 1 saturated heterocycles. The van der Waals surface area contributed by atoms with Crippen LogP contribution < -0.4 is 0 Å². The van der Waals surface area contributed by atoms with Gasteiger partial charge < -0.3 is 4.74 Å². The van der Waals surface area contributed by atoms with Crippen LogP contribution in [0.15, 0.2) is 0 Å². The monoisotopic (exact) mass is 175 g/mol. The molecule has 1 heterocycles. The summed E-state index contributed by atoms with van der Waals surface area (Å²) in [6.45, 7) is 7.55. The average molecular weight is 175 g/mol. The topological polar surface area (TPSA) is 12.5 Å². The number of rotatable bonds is 1. The van der Waals surface area contributed by atoms with Crippen LogP contribution in [0.25, 0.3) is 0 Å². The van der Waals surface area contributed by atoms with Gasteiger partial charge in [0.05, 0.1) is 13.2 Å². The van der Waals surface area contributed by atoms with Crippen LogP contribution in [0.3, 0.4) is 0 Å². The second kappa shape index (κ2) is 3.71. The highest BCUT2D eigenvalue weighted by Crippen LogP contribution is 2.19. The molecule has 1 rings (SSSR count). The zero-order valence-corrected chi connectivity index (χ0v) is 8.14. The van der Waals surface area contributed by atoms with Crippen LogP contribution in [0.2, 0.25) is 0 Å². The maximum absolute atomic E-state index is 13.5. The molecular weight excluding hydrogens is 157 g/mol. The lowest BCUT2D eigenvalue weighted by Gasteiger charge is -2.28. The Morgan fingerprint density at radius 1 is 1.50 bits per heavy atom. The number of nitrogens with zero attached hydrogens (tertiary/aromatic N) is 1. The summed E-state index contributed by atoms with van der Waals surface area (Å²) in [5.74, 6) is -1.46.